The van der Waals surface area contributed by atoms with Gasteiger partial charge >= 0.3 is 0 Å². The minimum absolute atomic E-state index is 0.0496. The van der Waals surface area contributed by atoms with E-state index in [1.54, 1.807) is 65.8 Å². The molecule has 8 aromatic rings. The number of halogens is 2. The van der Waals surface area contributed by atoms with Crippen molar-refractivity contribution in [1.82, 2.24) is 49.8 Å². The first-order chi connectivity index (χ1) is 36.7. The lowest BCUT2D eigenvalue weighted by Gasteiger charge is -2.40. The maximum atomic E-state index is 12.8. The molecular formula is C55H49Cl2N15O4. The van der Waals surface area contributed by atoms with E-state index in [9.17, 15) is 25.2 Å². The quantitative estimate of drug-likeness (QED) is 0.103. The molecule has 19 nitrogen and oxygen atoms in total. The van der Waals surface area contributed by atoms with Gasteiger partial charge in [-0.05, 0) is 100 Å². The van der Waals surface area contributed by atoms with E-state index in [1.807, 2.05) is 44.2 Å². The lowest BCUT2D eigenvalue weighted by molar-refractivity contribution is 0.0877. The van der Waals surface area contributed by atoms with Crippen LogP contribution in [-0.4, -0.2) is 105 Å². The van der Waals surface area contributed by atoms with Crippen LogP contribution < -0.4 is 25.2 Å². The van der Waals surface area contributed by atoms with Gasteiger partial charge in [-0.1, -0.05) is 23.2 Å². The van der Waals surface area contributed by atoms with Crippen molar-refractivity contribution in [1.29, 1.82) is 10.5 Å². The third-order valence-electron chi connectivity index (χ3n) is 14.3. The van der Waals surface area contributed by atoms with Crippen LogP contribution in [0.4, 0.5) is 11.6 Å². The number of anilines is 2. The van der Waals surface area contributed by atoms with Crippen molar-refractivity contribution in [3.8, 4) is 45.9 Å². The first-order valence-electron chi connectivity index (χ1n) is 24.5. The first kappa shape index (κ1) is 50.7. The summed E-state index contributed by atoms with van der Waals surface area (Å²) in [4.78, 5) is 51.2. The van der Waals surface area contributed by atoms with Crippen LogP contribution >= 0.6 is 23.2 Å². The second kappa shape index (κ2) is 20.8. The summed E-state index contributed by atoms with van der Waals surface area (Å²) in [5.74, 6) is 1.74. The fourth-order valence-corrected chi connectivity index (χ4v) is 9.90. The highest BCUT2D eigenvalue weighted by molar-refractivity contribution is 6.33. The van der Waals surface area contributed by atoms with Gasteiger partial charge in [0.25, 0.3) is 17.4 Å². The van der Waals surface area contributed by atoms with Crippen LogP contribution in [-0.2, 0) is 0 Å². The normalized spacial score (nSPS) is 16.1. The van der Waals surface area contributed by atoms with Crippen molar-refractivity contribution < 1.29 is 19.4 Å². The number of piperidine rings is 2. The van der Waals surface area contributed by atoms with Crippen LogP contribution in [0, 0.1) is 29.2 Å². The summed E-state index contributed by atoms with van der Waals surface area (Å²) in [6, 6.07) is 22.4. The van der Waals surface area contributed by atoms with Crippen molar-refractivity contribution in [3.05, 3.63) is 154 Å². The van der Waals surface area contributed by atoms with Crippen LogP contribution in [0.5, 0.6) is 11.5 Å². The molecule has 21 heteroatoms. The molecule has 0 bridgehead atoms. The molecule has 1 aliphatic carbocycles. The maximum Gasteiger partial charge on any atom is 0.271 e. The molecule has 1 saturated carbocycles. The zero-order valence-corrected chi connectivity index (χ0v) is 42.9. The van der Waals surface area contributed by atoms with Crippen molar-refractivity contribution in [2.45, 2.75) is 69.0 Å². The molecule has 8 aromatic heterocycles. The van der Waals surface area contributed by atoms with Gasteiger partial charge in [0.2, 0.25) is 0 Å². The monoisotopic (exact) mass is 1050 g/mol. The molecule has 2 aliphatic heterocycles. The lowest BCUT2D eigenvalue weighted by atomic mass is 9.89. The fraction of sp³-hybridized carbons (Fsp3) is 0.291. The number of hydrogen-bond donors (Lipinski definition) is 3. The minimum atomic E-state index is -0.418. The van der Waals surface area contributed by atoms with Gasteiger partial charge in [0.1, 0.15) is 46.7 Å². The average Bonchev–Trinajstić information content (AvgIpc) is 3.92. The zero-order valence-electron chi connectivity index (χ0n) is 41.4. The number of hydrogen-bond acceptors (Lipinski definition) is 14. The highest BCUT2D eigenvalue weighted by atomic mass is 35.5. The number of nitriles is 2. The molecule has 0 spiro atoms. The molecule has 2 saturated heterocycles. The van der Waals surface area contributed by atoms with Crippen molar-refractivity contribution in [2.24, 2.45) is 0 Å². The number of amides is 2. The lowest BCUT2D eigenvalue weighted by Crippen LogP contribution is -2.53. The third kappa shape index (κ3) is 10.6. The molecular weight excluding hydrogens is 1010 g/mol. The van der Waals surface area contributed by atoms with E-state index in [4.69, 9.17) is 39.5 Å². The molecule has 0 radical (unpaired) electrons. The number of carbonyl (C=O) groups is 2. The van der Waals surface area contributed by atoms with Crippen LogP contribution in [0.1, 0.15) is 84.5 Å². The van der Waals surface area contributed by atoms with Gasteiger partial charge in [-0.15, -0.1) is 0 Å². The Bertz CT molecular complexity index is 3640. The fourth-order valence-electron chi connectivity index (χ4n) is 9.48. The Hall–Kier alpha value is -8.83. The van der Waals surface area contributed by atoms with E-state index < -0.39 is 5.54 Å². The van der Waals surface area contributed by atoms with E-state index in [2.05, 4.69) is 62.6 Å². The van der Waals surface area contributed by atoms with Crippen molar-refractivity contribution >= 4 is 57.7 Å². The number of aromatic nitrogens is 8. The summed E-state index contributed by atoms with van der Waals surface area (Å²) >= 11 is 12.3. The van der Waals surface area contributed by atoms with Crippen LogP contribution in [0.3, 0.4) is 0 Å². The van der Waals surface area contributed by atoms with Gasteiger partial charge in [-0.25, -0.2) is 35.5 Å². The summed E-state index contributed by atoms with van der Waals surface area (Å²) in [7, 11) is 0. The molecule has 11 rings (SSSR count). The van der Waals surface area contributed by atoms with Crippen molar-refractivity contribution in [3.63, 3.8) is 0 Å². The Balaban J connectivity index is 0.000000175. The minimum Gasteiger partial charge on any atom is -0.506 e. The SMILES string of the molecule is CC1(NC(=O)c2ncccc2Cl)CCN(c2ccc(-c3cc(O)cn4ncc(C#N)c34)cn2)CC1.[C-]#[N+]C1(COc2cc(-c3ccc(N4CCC(C)(NC(=O)c5ncccc5Cl)CC4)nc3)c3c(C#N)cnn3c2)CC1. The number of aromatic hydroxyl groups is 1. The van der Waals surface area contributed by atoms with Crippen molar-refractivity contribution in [2.75, 3.05) is 42.6 Å². The Morgan fingerprint density at radius 2 is 1.17 bits per heavy atom. The summed E-state index contributed by atoms with van der Waals surface area (Å²) in [6.45, 7) is 14.7. The van der Waals surface area contributed by atoms with Gasteiger partial charge in [0.05, 0.1) is 57.0 Å². The largest absolute Gasteiger partial charge is 0.506 e. The Kier molecular flexibility index (Phi) is 13.9. The van der Waals surface area contributed by atoms with E-state index in [0.717, 1.165) is 93.0 Å². The van der Waals surface area contributed by atoms with E-state index in [1.165, 1.54) is 23.1 Å². The predicted octanol–water partition coefficient (Wildman–Crippen LogP) is 8.75. The van der Waals surface area contributed by atoms with Gasteiger partial charge in [-0.2, -0.15) is 20.7 Å². The molecule has 382 valence electrons. The molecule has 2 amide bonds. The first-order valence-corrected chi connectivity index (χ1v) is 25.3. The molecule has 0 aromatic carbocycles. The summed E-state index contributed by atoms with van der Waals surface area (Å²) in [5, 5.41) is 44.6. The Labute approximate surface area is 447 Å². The van der Waals surface area contributed by atoms with E-state index >= 15 is 0 Å². The molecule has 10 heterocycles. The number of carbonyl (C=O) groups excluding carboxylic acids is 2. The summed E-state index contributed by atoms with van der Waals surface area (Å²) < 4.78 is 9.15. The number of rotatable bonds is 11. The highest BCUT2D eigenvalue weighted by Crippen LogP contribution is 2.41. The second-order valence-corrected chi connectivity index (χ2v) is 20.5. The van der Waals surface area contributed by atoms with Gasteiger partial charge in [0.15, 0.2) is 6.61 Å². The van der Waals surface area contributed by atoms with Gasteiger partial charge < -0.3 is 35.1 Å². The van der Waals surface area contributed by atoms with Crippen LogP contribution in [0.15, 0.2) is 110 Å². The Morgan fingerprint density at radius 3 is 1.59 bits per heavy atom. The Morgan fingerprint density at radius 1 is 0.697 bits per heavy atom. The van der Waals surface area contributed by atoms with E-state index in [-0.39, 0.29) is 40.0 Å². The van der Waals surface area contributed by atoms with Crippen LogP contribution in [0.2, 0.25) is 10.0 Å². The maximum absolute atomic E-state index is 12.8. The third-order valence-corrected chi connectivity index (χ3v) is 14.9. The molecule has 3 aliphatic rings. The zero-order chi connectivity index (χ0) is 53.2. The summed E-state index contributed by atoms with van der Waals surface area (Å²) in [5.41, 5.74) is 4.53. The van der Waals surface area contributed by atoms with E-state index in [0.29, 0.717) is 50.1 Å². The number of nitrogens with one attached hydrogen (secondary N) is 2. The van der Waals surface area contributed by atoms with Gasteiger partial charge in [0, 0.05) is 97.1 Å². The molecule has 3 fully saturated rings. The highest BCUT2D eigenvalue weighted by Gasteiger charge is 2.52. The standard InChI is InChI=1S/C30H27ClN8O2.C25H22ClN7O2/c1-29(37-28(40)26-24(31)4-3-11-34-26)9-12-38(13-10-29)25-6-5-20(16-35-25)23-14-22(41-19-30(33-2)7-8-30)18-39-27(23)21(15-32)17-36-39;1-25(31-24(35)22-20(26)3-2-8-28-22)6-9-32(10-7-25)21-5-4-16(13-29-21)19-11-18(34)15-33-23(19)17(12-27)14-30-33/h3-6,11,14,16-18H,7-10,12-13,19H2,1H3,(H,37,40);2-5,8,11,13-15,34H,6-7,9-10H2,1H3,(H,31,35). The number of ether oxygens (including phenoxy) is 1. The molecule has 3 N–H and O–H groups in total. The van der Waals surface area contributed by atoms with Crippen LogP contribution in [0.25, 0.3) is 38.1 Å². The topological polar surface area (TPSA) is 232 Å². The number of nitrogens with zero attached hydrogens (tertiary/aromatic N) is 13. The predicted molar refractivity (Wildman–Crippen MR) is 285 cm³/mol. The number of pyridine rings is 6. The number of fused-ring (bicyclic) bond motifs is 2. The average molecular weight is 1060 g/mol. The molecule has 76 heavy (non-hydrogen) atoms. The molecule has 0 atom stereocenters. The smallest absolute Gasteiger partial charge is 0.271 e. The summed E-state index contributed by atoms with van der Waals surface area (Å²) in [6.07, 6.45) is 17.5. The molecule has 0 unspecified atom stereocenters. The van der Waals surface area contributed by atoms with Gasteiger partial charge in [-0.3, -0.25) is 9.59 Å². The second-order valence-electron chi connectivity index (χ2n) is 19.7.